The fourth-order valence-electron chi connectivity index (χ4n) is 1.33. The molecule has 1 unspecified atom stereocenters. The van der Waals surface area contributed by atoms with Crippen LogP contribution in [0.4, 0.5) is 0 Å². The Labute approximate surface area is 94.2 Å². The van der Waals surface area contributed by atoms with Gasteiger partial charge in [0.2, 0.25) is 5.91 Å². The van der Waals surface area contributed by atoms with Gasteiger partial charge in [-0.05, 0) is 39.3 Å². The van der Waals surface area contributed by atoms with Crippen LogP contribution in [0.2, 0.25) is 0 Å². The second-order valence-corrected chi connectivity index (χ2v) is 4.77. The van der Waals surface area contributed by atoms with Gasteiger partial charge in [0, 0.05) is 6.04 Å². The molecule has 0 aliphatic heterocycles. The van der Waals surface area contributed by atoms with Crippen LogP contribution < -0.4 is 5.32 Å². The molecule has 90 valence electrons. The Balaban J connectivity index is 3.66. The minimum atomic E-state index is 0.135. The molecule has 0 aromatic heterocycles. The number of nitrogens with one attached hydrogen (secondary N) is 1. The van der Waals surface area contributed by atoms with Gasteiger partial charge in [-0.3, -0.25) is 9.69 Å². The third-order valence-corrected chi connectivity index (χ3v) is 2.54. The topological polar surface area (TPSA) is 32.3 Å². The van der Waals surface area contributed by atoms with E-state index in [1.807, 2.05) is 11.9 Å². The standard InChI is InChI=1S/C12H26N2O/c1-6-14(5)9-12(15)13-11(4)8-7-10(2)3/h10-11H,6-9H2,1-5H3,(H,13,15). The SMILES string of the molecule is CCN(C)CC(=O)NC(C)CCC(C)C. The van der Waals surface area contributed by atoms with Crippen LogP contribution in [0.5, 0.6) is 0 Å². The summed E-state index contributed by atoms with van der Waals surface area (Å²) in [4.78, 5) is 13.5. The van der Waals surface area contributed by atoms with E-state index >= 15 is 0 Å². The molecule has 1 amide bonds. The number of amides is 1. The quantitative estimate of drug-likeness (QED) is 0.702. The van der Waals surface area contributed by atoms with Crippen molar-refractivity contribution < 1.29 is 4.79 Å². The summed E-state index contributed by atoms with van der Waals surface area (Å²) in [5.41, 5.74) is 0. The van der Waals surface area contributed by atoms with Crippen LogP contribution in [0.25, 0.3) is 0 Å². The normalized spacial score (nSPS) is 13.3. The van der Waals surface area contributed by atoms with E-state index in [1.54, 1.807) is 0 Å². The van der Waals surface area contributed by atoms with Gasteiger partial charge in [-0.15, -0.1) is 0 Å². The lowest BCUT2D eigenvalue weighted by molar-refractivity contribution is -0.122. The Morgan fingerprint density at radius 2 is 1.87 bits per heavy atom. The summed E-state index contributed by atoms with van der Waals surface area (Å²) in [6.45, 7) is 9.96. The van der Waals surface area contributed by atoms with Crippen LogP contribution in [-0.4, -0.2) is 37.0 Å². The lowest BCUT2D eigenvalue weighted by Crippen LogP contribution is -2.39. The molecule has 1 atom stereocenters. The van der Waals surface area contributed by atoms with Crippen molar-refractivity contribution in [3.05, 3.63) is 0 Å². The molecule has 0 spiro atoms. The average molecular weight is 214 g/mol. The second-order valence-electron chi connectivity index (χ2n) is 4.77. The third kappa shape index (κ3) is 8.43. The molecule has 0 heterocycles. The van der Waals surface area contributed by atoms with Gasteiger partial charge in [0.15, 0.2) is 0 Å². The number of carbonyl (C=O) groups is 1. The largest absolute Gasteiger partial charge is 0.353 e. The first kappa shape index (κ1) is 14.4. The molecule has 3 heteroatoms. The van der Waals surface area contributed by atoms with Gasteiger partial charge in [-0.1, -0.05) is 20.8 Å². The summed E-state index contributed by atoms with van der Waals surface area (Å²) in [5.74, 6) is 0.846. The number of carbonyl (C=O) groups excluding carboxylic acids is 1. The molecule has 0 radical (unpaired) electrons. The Hall–Kier alpha value is -0.570. The number of nitrogens with zero attached hydrogens (tertiary/aromatic N) is 1. The van der Waals surface area contributed by atoms with Gasteiger partial charge in [0.05, 0.1) is 6.54 Å². The zero-order valence-corrected chi connectivity index (χ0v) is 10.8. The van der Waals surface area contributed by atoms with Crippen LogP contribution in [0, 0.1) is 5.92 Å². The number of hydrogen-bond donors (Lipinski definition) is 1. The Morgan fingerprint density at radius 3 is 2.33 bits per heavy atom. The zero-order chi connectivity index (χ0) is 11.8. The number of rotatable bonds is 7. The molecule has 0 saturated carbocycles. The fourth-order valence-corrected chi connectivity index (χ4v) is 1.33. The van der Waals surface area contributed by atoms with E-state index in [2.05, 4.69) is 33.0 Å². The highest BCUT2D eigenvalue weighted by Crippen LogP contribution is 2.06. The predicted molar refractivity (Wildman–Crippen MR) is 64.8 cm³/mol. The van der Waals surface area contributed by atoms with Gasteiger partial charge in [-0.25, -0.2) is 0 Å². The van der Waals surface area contributed by atoms with Gasteiger partial charge in [-0.2, -0.15) is 0 Å². The molecule has 3 nitrogen and oxygen atoms in total. The van der Waals surface area contributed by atoms with Crippen molar-refractivity contribution in [1.29, 1.82) is 0 Å². The summed E-state index contributed by atoms with van der Waals surface area (Å²) in [7, 11) is 1.96. The van der Waals surface area contributed by atoms with E-state index in [4.69, 9.17) is 0 Å². The van der Waals surface area contributed by atoms with E-state index in [0.29, 0.717) is 18.5 Å². The highest BCUT2D eigenvalue weighted by Gasteiger charge is 2.09. The maximum Gasteiger partial charge on any atom is 0.234 e. The first-order valence-corrected chi connectivity index (χ1v) is 5.93. The smallest absolute Gasteiger partial charge is 0.234 e. The average Bonchev–Trinajstić information content (AvgIpc) is 2.14. The maximum absolute atomic E-state index is 11.5. The van der Waals surface area contributed by atoms with Gasteiger partial charge in [0.1, 0.15) is 0 Å². The number of hydrogen-bond acceptors (Lipinski definition) is 2. The third-order valence-electron chi connectivity index (χ3n) is 2.54. The van der Waals surface area contributed by atoms with Crippen molar-refractivity contribution in [3.63, 3.8) is 0 Å². The first-order valence-electron chi connectivity index (χ1n) is 5.93. The lowest BCUT2D eigenvalue weighted by Gasteiger charge is -2.18. The molecule has 0 saturated heterocycles. The minimum absolute atomic E-state index is 0.135. The molecule has 0 aliphatic rings. The van der Waals surface area contributed by atoms with Crippen LogP contribution in [-0.2, 0) is 4.79 Å². The Bertz CT molecular complexity index is 180. The van der Waals surface area contributed by atoms with Gasteiger partial charge >= 0.3 is 0 Å². The van der Waals surface area contributed by atoms with Crippen molar-refractivity contribution in [2.24, 2.45) is 5.92 Å². The first-order chi connectivity index (χ1) is 6.95. The van der Waals surface area contributed by atoms with Crippen molar-refractivity contribution in [1.82, 2.24) is 10.2 Å². The van der Waals surface area contributed by atoms with Crippen molar-refractivity contribution in [2.75, 3.05) is 20.1 Å². The highest BCUT2D eigenvalue weighted by atomic mass is 16.2. The van der Waals surface area contributed by atoms with Crippen molar-refractivity contribution >= 4 is 5.91 Å². The predicted octanol–water partition coefficient (Wildman–Crippen LogP) is 1.88. The zero-order valence-electron chi connectivity index (χ0n) is 10.8. The van der Waals surface area contributed by atoms with Crippen LogP contribution in [0.3, 0.4) is 0 Å². The summed E-state index contributed by atoms with van der Waals surface area (Å²) in [6.07, 6.45) is 2.24. The highest BCUT2D eigenvalue weighted by molar-refractivity contribution is 5.78. The van der Waals surface area contributed by atoms with E-state index in [1.165, 1.54) is 6.42 Å². The van der Waals surface area contributed by atoms with E-state index < -0.39 is 0 Å². The van der Waals surface area contributed by atoms with Crippen molar-refractivity contribution in [2.45, 2.75) is 46.6 Å². The molecule has 0 aliphatic carbocycles. The van der Waals surface area contributed by atoms with Crippen LogP contribution >= 0.6 is 0 Å². The molecule has 15 heavy (non-hydrogen) atoms. The monoisotopic (exact) mass is 214 g/mol. The van der Waals surface area contributed by atoms with E-state index in [9.17, 15) is 4.79 Å². The van der Waals surface area contributed by atoms with Crippen LogP contribution in [0.1, 0.15) is 40.5 Å². The van der Waals surface area contributed by atoms with Crippen molar-refractivity contribution in [3.8, 4) is 0 Å². The molecule has 0 rings (SSSR count). The van der Waals surface area contributed by atoms with Gasteiger partial charge < -0.3 is 5.32 Å². The lowest BCUT2D eigenvalue weighted by atomic mass is 10.0. The summed E-state index contributed by atoms with van der Waals surface area (Å²) in [6, 6.07) is 0.296. The Kier molecular flexibility index (Phi) is 7.39. The summed E-state index contributed by atoms with van der Waals surface area (Å²) in [5, 5.41) is 3.02. The van der Waals surface area contributed by atoms with Gasteiger partial charge in [0.25, 0.3) is 0 Å². The molecule has 1 N–H and O–H groups in total. The molecular weight excluding hydrogens is 188 g/mol. The van der Waals surface area contributed by atoms with E-state index in [-0.39, 0.29) is 5.91 Å². The fraction of sp³-hybridized carbons (Fsp3) is 0.917. The van der Waals surface area contributed by atoms with Crippen LogP contribution in [0.15, 0.2) is 0 Å². The summed E-state index contributed by atoms with van der Waals surface area (Å²) < 4.78 is 0. The number of likely N-dealkylation sites (N-methyl/N-ethyl adjacent to an activating group) is 1. The minimum Gasteiger partial charge on any atom is -0.353 e. The molecular formula is C12H26N2O. The maximum atomic E-state index is 11.5. The van der Waals surface area contributed by atoms with E-state index in [0.717, 1.165) is 13.0 Å². The molecule has 0 bridgehead atoms. The molecule has 0 aromatic rings. The second kappa shape index (κ2) is 7.69. The summed E-state index contributed by atoms with van der Waals surface area (Å²) >= 11 is 0. The molecule has 0 fully saturated rings. The Morgan fingerprint density at radius 1 is 1.27 bits per heavy atom. The molecule has 0 aromatic carbocycles.